The molecule has 3 heteroatoms. The lowest BCUT2D eigenvalue weighted by molar-refractivity contribution is 0.816. The molecule has 0 heterocycles. The van der Waals surface area contributed by atoms with Gasteiger partial charge < -0.3 is 0 Å². The predicted octanol–water partition coefficient (Wildman–Crippen LogP) is 4.94. The molecule has 0 aromatic heterocycles. The average molecular weight is 272 g/mol. The SMILES string of the molecule is CCCCC=Cc1ccccc1C[Si](Cl)Cl. The Balaban J connectivity index is 2.66. The van der Waals surface area contributed by atoms with Crippen molar-refractivity contribution in [1.82, 2.24) is 0 Å². The van der Waals surface area contributed by atoms with E-state index >= 15 is 0 Å². The normalized spacial score (nSPS) is 11.5. The van der Waals surface area contributed by atoms with E-state index in [1.165, 1.54) is 24.0 Å². The molecule has 0 nitrogen and oxygen atoms in total. The molecule has 0 saturated heterocycles. The topological polar surface area (TPSA) is 0 Å². The van der Waals surface area contributed by atoms with Gasteiger partial charge in [-0.3, -0.25) is 0 Å². The molecule has 0 spiro atoms. The molecule has 0 saturated carbocycles. The average Bonchev–Trinajstić information content (AvgIpc) is 2.26. The maximum absolute atomic E-state index is 5.91. The van der Waals surface area contributed by atoms with Crippen molar-refractivity contribution in [2.75, 3.05) is 0 Å². The summed E-state index contributed by atoms with van der Waals surface area (Å²) >= 11 is 11.8. The van der Waals surface area contributed by atoms with Crippen molar-refractivity contribution in [2.24, 2.45) is 0 Å². The Morgan fingerprint density at radius 3 is 2.69 bits per heavy atom. The van der Waals surface area contributed by atoms with E-state index < -0.39 is 7.42 Å². The number of rotatable bonds is 6. The van der Waals surface area contributed by atoms with Crippen molar-refractivity contribution >= 4 is 35.7 Å². The number of halogens is 2. The van der Waals surface area contributed by atoms with Crippen LogP contribution in [0, 0.1) is 0 Å². The zero-order valence-electron chi connectivity index (χ0n) is 9.55. The number of allylic oxidation sites excluding steroid dienone is 1. The van der Waals surface area contributed by atoms with Crippen LogP contribution >= 0.6 is 22.2 Å². The standard InChI is InChI=1S/C13H17Cl2Si/c1-2-3-4-5-8-12-9-6-7-10-13(12)11-16(14)15/h5-10H,2-4,11H2,1H3. The second kappa shape index (κ2) is 7.94. The van der Waals surface area contributed by atoms with Crippen LogP contribution in [0.1, 0.15) is 37.3 Å². The monoisotopic (exact) mass is 271 g/mol. The smallest absolute Gasteiger partial charge is 0.146 e. The van der Waals surface area contributed by atoms with E-state index in [0.29, 0.717) is 0 Å². The summed E-state index contributed by atoms with van der Waals surface area (Å²) in [7, 11) is -1.23. The van der Waals surface area contributed by atoms with Gasteiger partial charge in [0.25, 0.3) is 7.42 Å². The molecule has 0 N–H and O–H groups in total. The third kappa shape index (κ3) is 5.20. The molecule has 0 aliphatic carbocycles. The maximum atomic E-state index is 5.91. The van der Waals surface area contributed by atoms with Gasteiger partial charge >= 0.3 is 0 Å². The number of hydrogen-bond acceptors (Lipinski definition) is 0. The highest BCUT2D eigenvalue weighted by molar-refractivity contribution is 7.33. The minimum Gasteiger partial charge on any atom is -0.146 e. The largest absolute Gasteiger partial charge is 0.278 e. The number of unbranched alkanes of at least 4 members (excludes halogenated alkanes) is 2. The van der Waals surface area contributed by atoms with E-state index in [9.17, 15) is 0 Å². The summed E-state index contributed by atoms with van der Waals surface area (Å²) in [6.45, 7) is 2.21. The summed E-state index contributed by atoms with van der Waals surface area (Å²) in [6, 6.07) is 9.13. The summed E-state index contributed by atoms with van der Waals surface area (Å²) in [5.41, 5.74) is 2.51. The van der Waals surface area contributed by atoms with Crippen molar-refractivity contribution in [3.05, 3.63) is 41.5 Å². The molecule has 0 unspecified atom stereocenters. The Bertz CT molecular complexity index is 334. The van der Waals surface area contributed by atoms with E-state index in [4.69, 9.17) is 22.2 Å². The molecule has 16 heavy (non-hydrogen) atoms. The first kappa shape index (κ1) is 13.8. The molecule has 1 aromatic rings. The Labute approximate surface area is 109 Å². The van der Waals surface area contributed by atoms with E-state index in [1.807, 2.05) is 6.07 Å². The molecule has 0 aliphatic rings. The van der Waals surface area contributed by atoms with E-state index in [0.717, 1.165) is 12.5 Å². The Kier molecular flexibility index (Phi) is 6.86. The van der Waals surface area contributed by atoms with Gasteiger partial charge in [0, 0.05) is 0 Å². The third-order valence-electron chi connectivity index (χ3n) is 2.40. The van der Waals surface area contributed by atoms with Crippen molar-refractivity contribution in [3.63, 3.8) is 0 Å². The molecule has 0 fully saturated rings. The van der Waals surface area contributed by atoms with Crippen LogP contribution < -0.4 is 0 Å². The van der Waals surface area contributed by atoms with Crippen LogP contribution in [0.4, 0.5) is 0 Å². The highest BCUT2D eigenvalue weighted by Crippen LogP contribution is 2.15. The summed E-state index contributed by atoms with van der Waals surface area (Å²) < 4.78 is 0. The van der Waals surface area contributed by atoms with Gasteiger partial charge in [0.05, 0.1) is 0 Å². The summed E-state index contributed by atoms with van der Waals surface area (Å²) in [5.74, 6) is 0. The molecule has 87 valence electrons. The fraction of sp³-hybridized carbons (Fsp3) is 0.385. The molecule has 0 amide bonds. The summed E-state index contributed by atoms with van der Waals surface area (Å²) in [6.07, 6.45) is 8.05. The van der Waals surface area contributed by atoms with Crippen LogP contribution in [-0.4, -0.2) is 7.42 Å². The molecule has 1 aromatic carbocycles. The highest BCUT2D eigenvalue weighted by atomic mass is 35.7. The fourth-order valence-electron chi connectivity index (χ4n) is 1.53. The molecular formula is C13H17Cl2Si. The summed E-state index contributed by atoms with van der Waals surface area (Å²) in [5, 5.41) is 0. The maximum Gasteiger partial charge on any atom is 0.278 e. The van der Waals surface area contributed by atoms with E-state index in [-0.39, 0.29) is 0 Å². The second-order valence-electron chi connectivity index (χ2n) is 3.76. The van der Waals surface area contributed by atoms with Crippen molar-refractivity contribution < 1.29 is 0 Å². The lowest BCUT2D eigenvalue weighted by Crippen LogP contribution is -2.01. The van der Waals surface area contributed by atoms with E-state index in [1.54, 1.807) is 0 Å². The molecule has 0 bridgehead atoms. The van der Waals surface area contributed by atoms with Crippen LogP contribution in [0.25, 0.3) is 6.08 Å². The van der Waals surface area contributed by atoms with Crippen molar-refractivity contribution in [2.45, 2.75) is 32.2 Å². The van der Waals surface area contributed by atoms with Crippen molar-refractivity contribution in [3.8, 4) is 0 Å². The summed E-state index contributed by atoms with van der Waals surface area (Å²) in [4.78, 5) is 0. The van der Waals surface area contributed by atoms with Gasteiger partial charge in [-0.2, -0.15) is 0 Å². The van der Waals surface area contributed by atoms with Crippen LogP contribution in [0.15, 0.2) is 30.3 Å². The number of hydrogen-bond donors (Lipinski definition) is 0. The van der Waals surface area contributed by atoms with Crippen molar-refractivity contribution in [1.29, 1.82) is 0 Å². The van der Waals surface area contributed by atoms with E-state index in [2.05, 4.69) is 37.3 Å². The van der Waals surface area contributed by atoms with Crippen LogP contribution in [0.5, 0.6) is 0 Å². The third-order valence-corrected chi connectivity index (χ3v) is 3.85. The van der Waals surface area contributed by atoms with Crippen LogP contribution in [0.3, 0.4) is 0 Å². The van der Waals surface area contributed by atoms with Gasteiger partial charge in [0.1, 0.15) is 0 Å². The van der Waals surface area contributed by atoms with Gasteiger partial charge in [0.2, 0.25) is 0 Å². The van der Waals surface area contributed by atoms with Gasteiger partial charge in [-0.1, -0.05) is 56.2 Å². The minimum absolute atomic E-state index is 0.808. The van der Waals surface area contributed by atoms with Gasteiger partial charge in [-0.15, -0.1) is 22.2 Å². The predicted molar refractivity (Wildman–Crippen MR) is 76.2 cm³/mol. The molecule has 0 atom stereocenters. The quantitative estimate of drug-likeness (QED) is 0.391. The second-order valence-corrected chi connectivity index (χ2v) is 8.11. The molecule has 1 radical (unpaired) electrons. The Morgan fingerprint density at radius 1 is 1.25 bits per heavy atom. The van der Waals surface area contributed by atoms with Gasteiger partial charge in [0.15, 0.2) is 0 Å². The Hall–Kier alpha value is -0.243. The molecular weight excluding hydrogens is 255 g/mol. The lowest BCUT2D eigenvalue weighted by atomic mass is 10.1. The van der Waals surface area contributed by atoms with Crippen LogP contribution in [0.2, 0.25) is 0 Å². The minimum atomic E-state index is -1.23. The van der Waals surface area contributed by atoms with Crippen LogP contribution in [-0.2, 0) is 6.04 Å². The lowest BCUT2D eigenvalue weighted by Gasteiger charge is -2.04. The fourth-order valence-corrected chi connectivity index (χ4v) is 3.01. The molecule has 1 rings (SSSR count). The zero-order valence-corrected chi connectivity index (χ0v) is 12.1. The first-order valence-corrected chi connectivity index (χ1v) is 9.38. The zero-order chi connectivity index (χ0) is 11.8. The highest BCUT2D eigenvalue weighted by Gasteiger charge is 2.07. The first-order valence-electron chi connectivity index (χ1n) is 5.65. The van der Waals surface area contributed by atoms with Gasteiger partial charge in [-0.25, -0.2) is 0 Å². The Morgan fingerprint density at radius 2 is 2.00 bits per heavy atom. The molecule has 0 aliphatic heterocycles. The van der Waals surface area contributed by atoms with Gasteiger partial charge in [-0.05, 0) is 23.6 Å². The first-order chi connectivity index (χ1) is 7.74. The number of benzene rings is 1.